The number of ether oxygens (including phenoxy) is 1. The number of carboxylic acid groups (broad SMARTS) is 1. The molecule has 0 aromatic heterocycles. The van der Waals surface area contributed by atoms with Gasteiger partial charge < -0.3 is 19.6 Å². The smallest absolute Gasteiger partial charge is 0.409 e. The van der Waals surface area contributed by atoms with Crippen LogP contribution in [0, 0.1) is 11.8 Å². The van der Waals surface area contributed by atoms with E-state index in [0.717, 1.165) is 12.8 Å². The van der Waals surface area contributed by atoms with E-state index in [1.54, 1.807) is 14.1 Å². The fourth-order valence-corrected chi connectivity index (χ4v) is 2.74. The zero-order valence-corrected chi connectivity index (χ0v) is 10.1. The summed E-state index contributed by atoms with van der Waals surface area (Å²) in [7, 11) is 3.31. The van der Waals surface area contributed by atoms with Crippen molar-refractivity contribution >= 4 is 12.2 Å². The Morgan fingerprint density at radius 3 is 2.18 bits per heavy atom. The van der Waals surface area contributed by atoms with E-state index in [9.17, 15) is 9.59 Å². The predicted octanol–water partition coefficient (Wildman–Crippen LogP) is 1.07. The maximum Gasteiger partial charge on any atom is 0.409 e. The van der Waals surface area contributed by atoms with E-state index in [0.29, 0.717) is 24.9 Å². The molecule has 1 saturated heterocycles. The largest absolute Gasteiger partial charge is 0.465 e. The minimum absolute atomic E-state index is 0.0455. The summed E-state index contributed by atoms with van der Waals surface area (Å²) in [6.07, 6.45) is 0.365. The summed E-state index contributed by atoms with van der Waals surface area (Å²) >= 11 is 0. The molecule has 1 heterocycles. The lowest BCUT2D eigenvalue weighted by Gasteiger charge is -2.18. The quantitative estimate of drug-likeness (QED) is 0.746. The van der Waals surface area contributed by atoms with Gasteiger partial charge in [-0.05, 0) is 24.7 Å². The Hall–Kier alpha value is -1.46. The van der Waals surface area contributed by atoms with Crippen LogP contribution in [0.15, 0.2) is 0 Å². The lowest BCUT2D eigenvalue weighted by atomic mass is 10.0. The fourth-order valence-electron chi connectivity index (χ4n) is 2.74. The first-order valence-corrected chi connectivity index (χ1v) is 5.83. The van der Waals surface area contributed by atoms with Gasteiger partial charge in [-0.3, -0.25) is 0 Å². The number of likely N-dealkylation sites (tertiary alicyclic amines) is 1. The summed E-state index contributed by atoms with van der Waals surface area (Å²) in [5.74, 6) is 0.706. The Balaban J connectivity index is 1.84. The lowest BCUT2D eigenvalue weighted by Crippen LogP contribution is -2.30. The average Bonchev–Trinajstić information content (AvgIpc) is 2.74. The van der Waals surface area contributed by atoms with Gasteiger partial charge in [0.1, 0.15) is 6.10 Å². The Bertz CT molecular complexity index is 317. The molecule has 0 aromatic rings. The van der Waals surface area contributed by atoms with Crippen LogP contribution in [0.3, 0.4) is 0 Å². The molecule has 17 heavy (non-hydrogen) atoms. The van der Waals surface area contributed by atoms with Gasteiger partial charge in [0.15, 0.2) is 0 Å². The van der Waals surface area contributed by atoms with Gasteiger partial charge in [-0.15, -0.1) is 0 Å². The molecule has 0 bridgehead atoms. The van der Waals surface area contributed by atoms with Crippen LogP contribution in [-0.4, -0.2) is 60.4 Å². The summed E-state index contributed by atoms with van der Waals surface area (Å²) in [6.45, 7) is 1.16. The van der Waals surface area contributed by atoms with Gasteiger partial charge in [0, 0.05) is 27.2 Å². The predicted molar refractivity (Wildman–Crippen MR) is 59.8 cm³/mol. The van der Waals surface area contributed by atoms with Crippen molar-refractivity contribution in [3.8, 4) is 0 Å². The number of amides is 2. The highest BCUT2D eigenvalue weighted by Crippen LogP contribution is 2.39. The van der Waals surface area contributed by atoms with Gasteiger partial charge in [0.25, 0.3) is 0 Å². The molecular formula is C11H18N2O4. The van der Waals surface area contributed by atoms with Crippen LogP contribution in [0.2, 0.25) is 0 Å². The molecule has 3 atom stereocenters. The molecule has 96 valence electrons. The van der Waals surface area contributed by atoms with Crippen molar-refractivity contribution in [2.75, 3.05) is 27.2 Å². The second-order valence-corrected chi connectivity index (χ2v) is 5.08. The molecule has 1 aliphatic heterocycles. The lowest BCUT2D eigenvalue weighted by molar-refractivity contribution is 0.0710. The normalized spacial score (nSPS) is 31.2. The summed E-state index contributed by atoms with van der Waals surface area (Å²) < 4.78 is 5.33. The van der Waals surface area contributed by atoms with E-state index in [2.05, 4.69) is 0 Å². The number of nitrogens with zero attached hydrogens (tertiary/aromatic N) is 2. The number of rotatable bonds is 1. The molecule has 0 aromatic carbocycles. The number of carbonyl (C=O) groups excluding carboxylic acids is 1. The van der Waals surface area contributed by atoms with Crippen molar-refractivity contribution in [1.82, 2.24) is 9.80 Å². The molecule has 0 radical (unpaired) electrons. The van der Waals surface area contributed by atoms with E-state index in [4.69, 9.17) is 9.84 Å². The van der Waals surface area contributed by atoms with E-state index >= 15 is 0 Å². The van der Waals surface area contributed by atoms with Crippen LogP contribution in [0.25, 0.3) is 0 Å². The van der Waals surface area contributed by atoms with Gasteiger partial charge in [-0.2, -0.15) is 0 Å². The molecule has 6 heteroatoms. The molecule has 2 amide bonds. The Labute approximate surface area is 100 Å². The SMILES string of the molecule is CN(C)C(=O)O[C@H]1C[C@@H]2CN(C(=O)O)C[C@@H]2C1. The number of hydrogen-bond donors (Lipinski definition) is 1. The van der Waals surface area contributed by atoms with Crippen LogP contribution in [0.5, 0.6) is 0 Å². The van der Waals surface area contributed by atoms with Crippen LogP contribution < -0.4 is 0 Å². The van der Waals surface area contributed by atoms with Gasteiger partial charge in [0.05, 0.1) is 0 Å². The minimum atomic E-state index is -0.846. The summed E-state index contributed by atoms with van der Waals surface area (Å²) in [6, 6.07) is 0. The third-order valence-electron chi connectivity index (χ3n) is 3.61. The molecule has 2 aliphatic rings. The molecule has 1 aliphatic carbocycles. The van der Waals surface area contributed by atoms with Crippen molar-refractivity contribution in [3.63, 3.8) is 0 Å². The molecule has 2 rings (SSSR count). The Morgan fingerprint density at radius 2 is 1.76 bits per heavy atom. The van der Waals surface area contributed by atoms with Crippen molar-refractivity contribution < 1.29 is 19.4 Å². The zero-order chi connectivity index (χ0) is 12.6. The van der Waals surface area contributed by atoms with Gasteiger partial charge in [-0.1, -0.05) is 0 Å². The first-order chi connectivity index (χ1) is 7.97. The molecular weight excluding hydrogens is 224 g/mol. The molecule has 0 spiro atoms. The Kier molecular flexibility index (Phi) is 3.13. The topological polar surface area (TPSA) is 70.1 Å². The third kappa shape index (κ3) is 2.45. The van der Waals surface area contributed by atoms with Crippen molar-refractivity contribution in [3.05, 3.63) is 0 Å². The highest BCUT2D eigenvalue weighted by molar-refractivity contribution is 5.67. The second kappa shape index (κ2) is 4.43. The highest BCUT2D eigenvalue weighted by Gasteiger charge is 2.43. The first-order valence-electron chi connectivity index (χ1n) is 5.83. The third-order valence-corrected chi connectivity index (χ3v) is 3.61. The van der Waals surface area contributed by atoms with E-state index < -0.39 is 6.09 Å². The number of hydrogen-bond acceptors (Lipinski definition) is 3. The average molecular weight is 242 g/mol. The van der Waals surface area contributed by atoms with Crippen LogP contribution in [0.1, 0.15) is 12.8 Å². The zero-order valence-electron chi connectivity index (χ0n) is 10.1. The van der Waals surface area contributed by atoms with Crippen molar-refractivity contribution in [1.29, 1.82) is 0 Å². The molecule has 1 saturated carbocycles. The fraction of sp³-hybridized carbons (Fsp3) is 0.818. The minimum Gasteiger partial charge on any atom is -0.465 e. The molecule has 1 N–H and O–H groups in total. The standard InChI is InChI=1S/C11H18N2O4/c1-12(2)11(16)17-9-3-7-5-13(10(14)15)6-8(7)4-9/h7-9H,3-6H2,1-2H3,(H,14,15)/t7-,8+,9+. The maximum atomic E-state index is 11.4. The van der Waals surface area contributed by atoms with Crippen LogP contribution >= 0.6 is 0 Å². The van der Waals surface area contributed by atoms with Gasteiger partial charge in [0.2, 0.25) is 0 Å². The van der Waals surface area contributed by atoms with E-state index in [1.165, 1.54) is 9.80 Å². The number of carbonyl (C=O) groups is 2. The van der Waals surface area contributed by atoms with E-state index in [-0.39, 0.29) is 12.2 Å². The molecule has 6 nitrogen and oxygen atoms in total. The second-order valence-electron chi connectivity index (χ2n) is 5.08. The molecule has 0 unspecified atom stereocenters. The maximum absolute atomic E-state index is 11.4. The van der Waals surface area contributed by atoms with E-state index in [1.807, 2.05) is 0 Å². The highest BCUT2D eigenvalue weighted by atomic mass is 16.6. The summed E-state index contributed by atoms with van der Waals surface area (Å²) in [5.41, 5.74) is 0. The van der Waals surface area contributed by atoms with Gasteiger partial charge in [-0.25, -0.2) is 9.59 Å². The summed E-state index contributed by atoms with van der Waals surface area (Å²) in [4.78, 5) is 25.1. The number of fused-ring (bicyclic) bond motifs is 1. The summed E-state index contributed by atoms with van der Waals surface area (Å²) in [5, 5.41) is 8.89. The van der Waals surface area contributed by atoms with Gasteiger partial charge >= 0.3 is 12.2 Å². The van der Waals surface area contributed by atoms with Crippen LogP contribution in [0.4, 0.5) is 9.59 Å². The first kappa shape index (κ1) is 12.0. The Morgan fingerprint density at radius 1 is 1.24 bits per heavy atom. The van der Waals surface area contributed by atoms with Crippen LogP contribution in [-0.2, 0) is 4.74 Å². The molecule has 2 fully saturated rings. The van der Waals surface area contributed by atoms with Crippen molar-refractivity contribution in [2.45, 2.75) is 18.9 Å². The van der Waals surface area contributed by atoms with Crippen molar-refractivity contribution in [2.24, 2.45) is 11.8 Å². The monoisotopic (exact) mass is 242 g/mol.